The lowest BCUT2D eigenvalue weighted by Crippen LogP contribution is -2.46. The standard InChI is InChI=1S/C15H19NO2/c1-5-15(3,4)16(6-2)14(17)18-12-13-10-8-7-9-11-13/h1,7-11H,6,12H2,2-4H3. The van der Waals surface area contributed by atoms with Gasteiger partial charge < -0.3 is 4.74 Å². The van der Waals surface area contributed by atoms with Gasteiger partial charge in [0.2, 0.25) is 0 Å². The van der Waals surface area contributed by atoms with Gasteiger partial charge in [-0.25, -0.2) is 4.79 Å². The van der Waals surface area contributed by atoms with Crippen molar-refractivity contribution in [1.29, 1.82) is 0 Å². The van der Waals surface area contributed by atoms with E-state index in [2.05, 4.69) is 5.92 Å². The van der Waals surface area contributed by atoms with Gasteiger partial charge in [-0.3, -0.25) is 4.90 Å². The van der Waals surface area contributed by atoms with Crippen LogP contribution >= 0.6 is 0 Å². The lowest BCUT2D eigenvalue weighted by Gasteiger charge is -2.32. The zero-order chi connectivity index (χ0) is 13.6. The Hall–Kier alpha value is -1.95. The third kappa shape index (κ3) is 3.53. The van der Waals surface area contributed by atoms with Gasteiger partial charge in [-0.2, -0.15) is 0 Å². The topological polar surface area (TPSA) is 29.5 Å². The molecule has 1 rings (SSSR count). The molecular weight excluding hydrogens is 226 g/mol. The molecule has 96 valence electrons. The predicted octanol–water partition coefficient (Wildman–Crippen LogP) is 3.06. The number of carbonyl (C=O) groups excluding carboxylic acids is 1. The van der Waals surface area contributed by atoms with Crippen LogP contribution in [0, 0.1) is 12.3 Å². The van der Waals surface area contributed by atoms with Crippen LogP contribution in [0.2, 0.25) is 0 Å². The molecule has 0 unspecified atom stereocenters. The highest BCUT2D eigenvalue weighted by Crippen LogP contribution is 2.15. The number of nitrogens with zero attached hydrogens (tertiary/aromatic N) is 1. The first-order chi connectivity index (χ1) is 8.51. The van der Waals surface area contributed by atoms with E-state index in [1.807, 2.05) is 51.1 Å². The zero-order valence-corrected chi connectivity index (χ0v) is 11.1. The lowest BCUT2D eigenvalue weighted by atomic mass is 10.1. The zero-order valence-electron chi connectivity index (χ0n) is 11.1. The summed E-state index contributed by atoms with van der Waals surface area (Å²) in [4.78, 5) is 13.5. The first kappa shape index (κ1) is 14.1. The van der Waals surface area contributed by atoms with Gasteiger partial charge in [-0.15, -0.1) is 6.42 Å². The van der Waals surface area contributed by atoms with E-state index in [9.17, 15) is 4.79 Å². The maximum Gasteiger partial charge on any atom is 0.411 e. The third-order valence-corrected chi connectivity index (χ3v) is 2.77. The van der Waals surface area contributed by atoms with Crippen LogP contribution in [0.15, 0.2) is 30.3 Å². The van der Waals surface area contributed by atoms with Crippen molar-refractivity contribution in [2.45, 2.75) is 32.9 Å². The average molecular weight is 245 g/mol. The van der Waals surface area contributed by atoms with Crippen LogP contribution in [0.4, 0.5) is 4.79 Å². The first-order valence-electron chi connectivity index (χ1n) is 5.97. The average Bonchev–Trinajstić information content (AvgIpc) is 2.38. The van der Waals surface area contributed by atoms with Crippen molar-refractivity contribution < 1.29 is 9.53 Å². The monoisotopic (exact) mass is 245 g/mol. The van der Waals surface area contributed by atoms with E-state index in [1.54, 1.807) is 0 Å². The Morgan fingerprint density at radius 3 is 2.50 bits per heavy atom. The van der Waals surface area contributed by atoms with Crippen molar-refractivity contribution in [2.24, 2.45) is 0 Å². The maximum atomic E-state index is 12.0. The molecule has 18 heavy (non-hydrogen) atoms. The second-order valence-corrected chi connectivity index (χ2v) is 4.49. The van der Waals surface area contributed by atoms with Gasteiger partial charge in [-0.1, -0.05) is 36.3 Å². The number of ether oxygens (including phenoxy) is 1. The Morgan fingerprint density at radius 1 is 1.39 bits per heavy atom. The maximum absolute atomic E-state index is 12.0. The van der Waals surface area contributed by atoms with Gasteiger partial charge in [0.1, 0.15) is 12.1 Å². The summed E-state index contributed by atoms with van der Waals surface area (Å²) >= 11 is 0. The Balaban J connectivity index is 2.62. The lowest BCUT2D eigenvalue weighted by molar-refractivity contribution is 0.0754. The molecule has 0 heterocycles. The Bertz CT molecular complexity index is 432. The van der Waals surface area contributed by atoms with Crippen molar-refractivity contribution >= 4 is 6.09 Å². The minimum absolute atomic E-state index is 0.261. The van der Waals surface area contributed by atoms with Gasteiger partial charge in [0.25, 0.3) is 0 Å². The summed E-state index contributed by atoms with van der Waals surface area (Å²) in [6, 6.07) is 9.56. The molecule has 0 aliphatic rings. The van der Waals surface area contributed by atoms with Crippen LogP contribution < -0.4 is 0 Å². The van der Waals surface area contributed by atoms with Crippen LogP contribution in [0.5, 0.6) is 0 Å². The Morgan fingerprint density at radius 2 is 2.00 bits per heavy atom. The van der Waals surface area contributed by atoms with Gasteiger partial charge in [0.15, 0.2) is 0 Å². The number of hydrogen-bond acceptors (Lipinski definition) is 2. The molecule has 0 saturated heterocycles. The normalized spacial score (nSPS) is 10.6. The molecule has 3 heteroatoms. The summed E-state index contributed by atoms with van der Waals surface area (Å²) in [5.74, 6) is 2.60. The molecule has 0 spiro atoms. The van der Waals surface area contributed by atoms with Crippen LogP contribution in [-0.2, 0) is 11.3 Å². The van der Waals surface area contributed by atoms with Crippen molar-refractivity contribution in [2.75, 3.05) is 6.54 Å². The van der Waals surface area contributed by atoms with E-state index in [-0.39, 0.29) is 12.7 Å². The number of benzene rings is 1. The number of rotatable bonds is 4. The predicted molar refractivity (Wildman–Crippen MR) is 71.9 cm³/mol. The highest BCUT2D eigenvalue weighted by Gasteiger charge is 2.28. The highest BCUT2D eigenvalue weighted by molar-refractivity contribution is 5.69. The molecule has 0 saturated carbocycles. The summed E-state index contributed by atoms with van der Waals surface area (Å²) in [6.07, 6.45) is 5.04. The number of hydrogen-bond donors (Lipinski definition) is 0. The molecule has 0 N–H and O–H groups in total. The van der Waals surface area contributed by atoms with Crippen molar-refractivity contribution in [3.63, 3.8) is 0 Å². The minimum Gasteiger partial charge on any atom is -0.445 e. The van der Waals surface area contributed by atoms with Crippen molar-refractivity contribution in [3.05, 3.63) is 35.9 Å². The Kier molecular flexibility index (Phi) is 4.79. The number of amides is 1. The highest BCUT2D eigenvalue weighted by atomic mass is 16.6. The van der Waals surface area contributed by atoms with Crippen molar-refractivity contribution in [1.82, 2.24) is 4.90 Å². The van der Waals surface area contributed by atoms with E-state index < -0.39 is 5.54 Å². The summed E-state index contributed by atoms with van der Waals surface area (Å²) in [5.41, 5.74) is 0.322. The molecular formula is C15H19NO2. The second-order valence-electron chi connectivity index (χ2n) is 4.49. The molecule has 0 bridgehead atoms. The fourth-order valence-corrected chi connectivity index (χ4v) is 1.63. The molecule has 1 aromatic carbocycles. The summed E-state index contributed by atoms with van der Waals surface area (Å²) < 4.78 is 5.26. The molecule has 1 aromatic rings. The molecule has 0 aliphatic carbocycles. The number of terminal acetylenes is 1. The minimum atomic E-state index is -0.636. The van der Waals surface area contributed by atoms with E-state index in [1.165, 1.54) is 4.90 Å². The molecule has 3 nitrogen and oxygen atoms in total. The molecule has 0 aliphatic heterocycles. The molecule has 0 fully saturated rings. The first-order valence-corrected chi connectivity index (χ1v) is 5.97. The van der Waals surface area contributed by atoms with E-state index >= 15 is 0 Å². The number of carbonyl (C=O) groups is 1. The quantitative estimate of drug-likeness (QED) is 0.763. The molecule has 0 aromatic heterocycles. The van der Waals surface area contributed by atoms with Crippen LogP contribution in [-0.4, -0.2) is 23.1 Å². The van der Waals surface area contributed by atoms with Gasteiger partial charge in [-0.05, 0) is 26.3 Å². The van der Waals surface area contributed by atoms with E-state index in [0.29, 0.717) is 6.54 Å². The molecule has 0 atom stereocenters. The van der Waals surface area contributed by atoms with Crippen molar-refractivity contribution in [3.8, 4) is 12.3 Å². The largest absolute Gasteiger partial charge is 0.445 e. The van der Waals surface area contributed by atoms with Gasteiger partial charge >= 0.3 is 6.09 Å². The second kappa shape index (κ2) is 6.11. The van der Waals surface area contributed by atoms with Gasteiger partial charge in [0.05, 0.1) is 0 Å². The fourth-order valence-electron chi connectivity index (χ4n) is 1.63. The summed E-state index contributed by atoms with van der Waals surface area (Å²) in [7, 11) is 0. The third-order valence-electron chi connectivity index (χ3n) is 2.77. The van der Waals surface area contributed by atoms with Crippen LogP contribution in [0.3, 0.4) is 0 Å². The van der Waals surface area contributed by atoms with Gasteiger partial charge in [0, 0.05) is 6.54 Å². The van der Waals surface area contributed by atoms with E-state index in [0.717, 1.165) is 5.56 Å². The molecule has 1 amide bonds. The fraction of sp³-hybridized carbons (Fsp3) is 0.400. The van der Waals surface area contributed by atoms with E-state index in [4.69, 9.17) is 11.2 Å². The summed E-state index contributed by atoms with van der Waals surface area (Å²) in [5, 5.41) is 0. The summed E-state index contributed by atoms with van der Waals surface area (Å²) in [6.45, 7) is 6.30. The van der Waals surface area contributed by atoms with Crippen LogP contribution in [0.25, 0.3) is 0 Å². The molecule has 0 radical (unpaired) electrons. The van der Waals surface area contributed by atoms with Crippen LogP contribution in [0.1, 0.15) is 26.3 Å². The smallest absolute Gasteiger partial charge is 0.411 e. The Labute approximate surface area is 109 Å². The SMILES string of the molecule is C#CC(C)(C)N(CC)C(=O)OCc1ccccc1.